The molecule has 1 fully saturated rings. The zero-order valence-electron chi connectivity index (χ0n) is 13.0. The Hall–Kier alpha value is -1.91. The lowest BCUT2D eigenvalue weighted by Crippen LogP contribution is -2.42. The molecule has 1 aliphatic rings. The summed E-state index contributed by atoms with van der Waals surface area (Å²) in [6, 6.07) is 3.50. The van der Waals surface area contributed by atoms with Crippen LogP contribution in [0.25, 0.3) is 0 Å². The van der Waals surface area contributed by atoms with E-state index in [2.05, 4.69) is 0 Å². The van der Waals surface area contributed by atoms with E-state index in [1.54, 1.807) is 12.1 Å². The van der Waals surface area contributed by atoms with Gasteiger partial charge in [0.15, 0.2) is 11.5 Å². The van der Waals surface area contributed by atoms with Crippen molar-refractivity contribution in [2.24, 2.45) is 0 Å². The maximum Gasteiger partial charge on any atom is 0.254 e. The maximum absolute atomic E-state index is 12.4. The van der Waals surface area contributed by atoms with Crippen LogP contribution in [0, 0.1) is 0 Å². The first-order chi connectivity index (χ1) is 10.2. The Bertz CT molecular complexity index is 470. The number of benzene rings is 1. The number of hydrogen-bond acceptors (Lipinski definition) is 4. The fourth-order valence-electron chi connectivity index (χ4n) is 2.21. The number of carbonyl (C=O) groups is 1. The van der Waals surface area contributed by atoms with Crippen LogP contribution < -0.4 is 14.2 Å². The second-order valence-corrected chi connectivity index (χ2v) is 4.75. The molecule has 1 saturated heterocycles. The summed E-state index contributed by atoms with van der Waals surface area (Å²) >= 11 is 0. The largest absolute Gasteiger partial charge is 0.490 e. The van der Waals surface area contributed by atoms with Gasteiger partial charge in [0.1, 0.15) is 0 Å². The molecule has 116 valence electrons. The summed E-state index contributed by atoms with van der Waals surface area (Å²) in [5.74, 6) is 1.72. The molecule has 1 amide bonds. The molecular formula is C16H23NO4. The predicted octanol–water partition coefficient (Wildman–Crippen LogP) is 2.73. The second-order valence-electron chi connectivity index (χ2n) is 4.75. The highest BCUT2D eigenvalue weighted by atomic mass is 16.5. The smallest absolute Gasteiger partial charge is 0.254 e. The van der Waals surface area contributed by atoms with Crippen molar-refractivity contribution in [2.45, 2.75) is 27.2 Å². The van der Waals surface area contributed by atoms with E-state index in [0.29, 0.717) is 42.6 Å². The molecule has 0 bridgehead atoms. The van der Waals surface area contributed by atoms with Gasteiger partial charge in [-0.2, -0.15) is 0 Å². The molecule has 0 saturated carbocycles. The van der Waals surface area contributed by atoms with Crippen molar-refractivity contribution in [1.82, 2.24) is 4.90 Å². The van der Waals surface area contributed by atoms with E-state index >= 15 is 0 Å². The number of nitrogens with zero attached hydrogens (tertiary/aromatic N) is 1. The number of ether oxygens (including phenoxy) is 3. The lowest BCUT2D eigenvalue weighted by atomic mass is 10.1. The summed E-state index contributed by atoms with van der Waals surface area (Å²) < 4.78 is 16.9. The Kier molecular flexibility index (Phi) is 5.31. The van der Waals surface area contributed by atoms with Crippen molar-refractivity contribution < 1.29 is 19.0 Å². The van der Waals surface area contributed by atoms with Gasteiger partial charge in [-0.1, -0.05) is 0 Å². The van der Waals surface area contributed by atoms with Crippen molar-refractivity contribution in [1.29, 1.82) is 0 Å². The summed E-state index contributed by atoms with van der Waals surface area (Å²) in [5.41, 5.74) is 0.588. The SMILES string of the molecule is CCOc1cc(C(=O)N2CCC2)cc(OCC)c1OCC. The molecule has 0 radical (unpaired) electrons. The van der Waals surface area contributed by atoms with Crippen LogP contribution in [0.1, 0.15) is 37.6 Å². The molecule has 0 unspecified atom stereocenters. The Morgan fingerprint density at radius 1 is 1.00 bits per heavy atom. The Balaban J connectivity index is 2.38. The van der Waals surface area contributed by atoms with Gasteiger partial charge in [-0.15, -0.1) is 0 Å². The number of hydrogen-bond donors (Lipinski definition) is 0. The molecule has 0 N–H and O–H groups in total. The highest BCUT2D eigenvalue weighted by molar-refractivity contribution is 5.96. The lowest BCUT2D eigenvalue weighted by Gasteiger charge is -2.31. The van der Waals surface area contributed by atoms with Gasteiger partial charge in [0.05, 0.1) is 19.8 Å². The van der Waals surface area contributed by atoms with Crippen LogP contribution in [0.2, 0.25) is 0 Å². The van der Waals surface area contributed by atoms with E-state index < -0.39 is 0 Å². The van der Waals surface area contributed by atoms with Gasteiger partial charge in [0.2, 0.25) is 5.75 Å². The zero-order valence-corrected chi connectivity index (χ0v) is 13.0. The normalized spacial score (nSPS) is 13.6. The molecule has 1 aromatic rings. The molecule has 0 aromatic heterocycles. The van der Waals surface area contributed by atoms with Crippen LogP contribution in [0.5, 0.6) is 17.2 Å². The summed E-state index contributed by atoms with van der Waals surface area (Å²) in [4.78, 5) is 14.2. The molecule has 5 nitrogen and oxygen atoms in total. The minimum atomic E-state index is 0.0196. The number of amides is 1. The summed E-state index contributed by atoms with van der Waals surface area (Å²) in [6.07, 6.45) is 1.07. The Morgan fingerprint density at radius 2 is 1.52 bits per heavy atom. The standard InChI is InChI=1S/C16H23NO4/c1-4-19-13-10-12(16(18)17-8-7-9-17)11-14(20-5-2)15(13)21-6-3/h10-11H,4-9H2,1-3H3. The fourth-order valence-corrected chi connectivity index (χ4v) is 2.21. The summed E-state index contributed by atoms with van der Waals surface area (Å²) in [6.45, 7) is 8.88. The van der Waals surface area contributed by atoms with Gasteiger partial charge >= 0.3 is 0 Å². The maximum atomic E-state index is 12.4. The van der Waals surface area contributed by atoms with Crippen molar-refractivity contribution in [2.75, 3.05) is 32.9 Å². The van der Waals surface area contributed by atoms with Gasteiger partial charge < -0.3 is 19.1 Å². The molecule has 0 spiro atoms. The van der Waals surface area contributed by atoms with Crippen molar-refractivity contribution in [3.63, 3.8) is 0 Å². The predicted molar refractivity (Wildman–Crippen MR) is 80.5 cm³/mol. The van der Waals surface area contributed by atoms with Crippen LogP contribution in [0.15, 0.2) is 12.1 Å². The molecule has 21 heavy (non-hydrogen) atoms. The molecular weight excluding hydrogens is 270 g/mol. The Labute approximate surface area is 125 Å². The first kappa shape index (κ1) is 15.5. The zero-order chi connectivity index (χ0) is 15.2. The quantitative estimate of drug-likeness (QED) is 0.775. The topological polar surface area (TPSA) is 48.0 Å². The molecule has 0 atom stereocenters. The minimum absolute atomic E-state index is 0.0196. The summed E-state index contributed by atoms with van der Waals surface area (Å²) in [7, 11) is 0. The third-order valence-electron chi connectivity index (χ3n) is 3.30. The third-order valence-corrected chi connectivity index (χ3v) is 3.30. The first-order valence-electron chi connectivity index (χ1n) is 7.56. The fraction of sp³-hybridized carbons (Fsp3) is 0.562. The van der Waals surface area contributed by atoms with Crippen LogP contribution in [-0.4, -0.2) is 43.7 Å². The van der Waals surface area contributed by atoms with Crippen molar-refractivity contribution >= 4 is 5.91 Å². The van der Waals surface area contributed by atoms with E-state index in [4.69, 9.17) is 14.2 Å². The van der Waals surface area contributed by atoms with Crippen molar-refractivity contribution in [3.05, 3.63) is 17.7 Å². The lowest BCUT2D eigenvalue weighted by molar-refractivity contribution is 0.0650. The molecule has 2 rings (SSSR count). The third kappa shape index (κ3) is 3.40. The van der Waals surface area contributed by atoms with Gasteiger partial charge in [-0.3, -0.25) is 4.79 Å². The minimum Gasteiger partial charge on any atom is -0.490 e. The van der Waals surface area contributed by atoms with Gasteiger partial charge in [0, 0.05) is 18.7 Å². The van der Waals surface area contributed by atoms with E-state index in [9.17, 15) is 4.79 Å². The van der Waals surface area contributed by atoms with E-state index in [-0.39, 0.29) is 5.91 Å². The molecule has 5 heteroatoms. The van der Waals surface area contributed by atoms with Crippen LogP contribution in [0.3, 0.4) is 0 Å². The number of likely N-dealkylation sites (tertiary alicyclic amines) is 1. The average Bonchev–Trinajstić information content (AvgIpc) is 2.40. The van der Waals surface area contributed by atoms with Crippen LogP contribution >= 0.6 is 0 Å². The molecule has 1 aromatic carbocycles. The van der Waals surface area contributed by atoms with Gasteiger partial charge in [0.25, 0.3) is 5.91 Å². The average molecular weight is 293 g/mol. The first-order valence-corrected chi connectivity index (χ1v) is 7.56. The van der Waals surface area contributed by atoms with Gasteiger partial charge in [-0.05, 0) is 39.3 Å². The monoisotopic (exact) mass is 293 g/mol. The molecule has 0 aliphatic carbocycles. The molecule has 1 aliphatic heterocycles. The Morgan fingerprint density at radius 3 is 1.90 bits per heavy atom. The van der Waals surface area contributed by atoms with Gasteiger partial charge in [-0.25, -0.2) is 0 Å². The van der Waals surface area contributed by atoms with Crippen LogP contribution in [-0.2, 0) is 0 Å². The summed E-state index contributed by atoms with van der Waals surface area (Å²) in [5, 5.41) is 0. The van der Waals surface area contributed by atoms with E-state index in [1.807, 2.05) is 25.7 Å². The van der Waals surface area contributed by atoms with E-state index in [1.165, 1.54) is 0 Å². The highest BCUT2D eigenvalue weighted by Crippen LogP contribution is 2.39. The number of carbonyl (C=O) groups excluding carboxylic acids is 1. The highest BCUT2D eigenvalue weighted by Gasteiger charge is 2.25. The molecule has 1 heterocycles. The second kappa shape index (κ2) is 7.20. The van der Waals surface area contributed by atoms with Crippen LogP contribution in [0.4, 0.5) is 0 Å². The van der Waals surface area contributed by atoms with E-state index in [0.717, 1.165) is 19.5 Å². The number of rotatable bonds is 7. The van der Waals surface area contributed by atoms with Crippen molar-refractivity contribution in [3.8, 4) is 17.2 Å².